The van der Waals surface area contributed by atoms with Crippen molar-refractivity contribution in [3.63, 3.8) is 0 Å². The van der Waals surface area contributed by atoms with Crippen LogP contribution in [0.4, 0.5) is 0 Å². The van der Waals surface area contributed by atoms with Crippen molar-refractivity contribution in [2.45, 2.75) is 26.7 Å². The van der Waals surface area contributed by atoms with E-state index in [1.165, 1.54) is 0 Å². The van der Waals surface area contributed by atoms with Crippen LogP contribution in [0.2, 0.25) is 0 Å². The minimum atomic E-state index is 0.260. The Bertz CT molecular complexity index is 293. The van der Waals surface area contributed by atoms with E-state index in [1.807, 2.05) is 11.4 Å². The zero-order valence-electron chi connectivity index (χ0n) is 7.84. The van der Waals surface area contributed by atoms with Crippen LogP contribution in [0.15, 0.2) is 15.2 Å². The van der Waals surface area contributed by atoms with Gasteiger partial charge in [-0.25, -0.2) is 0 Å². The van der Waals surface area contributed by atoms with E-state index >= 15 is 0 Å². The van der Waals surface area contributed by atoms with Crippen molar-refractivity contribution in [2.75, 3.05) is 0 Å². The number of ketones is 1. The molecule has 1 unspecified atom stereocenters. The minimum absolute atomic E-state index is 0.260. The van der Waals surface area contributed by atoms with Gasteiger partial charge in [0.25, 0.3) is 0 Å². The maximum atomic E-state index is 11.6. The Kier molecular flexibility index (Phi) is 4.13. The summed E-state index contributed by atoms with van der Waals surface area (Å²) in [6.07, 6.45) is 1.73. The minimum Gasteiger partial charge on any atom is -0.294 e. The van der Waals surface area contributed by atoms with Crippen molar-refractivity contribution in [3.05, 3.63) is 20.8 Å². The van der Waals surface area contributed by atoms with E-state index < -0.39 is 0 Å². The summed E-state index contributed by atoms with van der Waals surface area (Å²) in [5.41, 5.74) is 0.845. The number of Topliss-reactive ketones (excluding diaryl/α,β-unsaturated/α-hetero) is 1. The standard InChI is InChI=1S/C10H13BrOS/c1-3-7(2)4-9(12)8-5-10(11)13-6-8/h5-7H,3-4H2,1-2H3. The Morgan fingerprint density at radius 2 is 2.38 bits per heavy atom. The van der Waals surface area contributed by atoms with Crippen LogP contribution < -0.4 is 0 Å². The summed E-state index contributed by atoms with van der Waals surface area (Å²) in [6, 6.07) is 1.90. The van der Waals surface area contributed by atoms with Crippen molar-refractivity contribution < 1.29 is 4.79 Å². The maximum absolute atomic E-state index is 11.6. The molecule has 0 amide bonds. The summed E-state index contributed by atoms with van der Waals surface area (Å²) < 4.78 is 1.03. The molecule has 0 bridgehead atoms. The average molecular weight is 261 g/mol. The van der Waals surface area contributed by atoms with Crippen LogP contribution >= 0.6 is 27.3 Å². The topological polar surface area (TPSA) is 17.1 Å². The van der Waals surface area contributed by atoms with Gasteiger partial charge in [0.1, 0.15) is 0 Å². The monoisotopic (exact) mass is 260 g/mol. The molecule has 0 aliphatic carbocycles. The summed E-state index contributed by atoms with van der Waals surface area (Å²) in [5.74, 6) is 0.752. The number of halogens is 1. The quantitative estimate of drug-likeness (QED) is 0.745. The molecule has 13 heavy (non-hydrogen) atoms. The van der Waals surface area contributed by atoms with E-state index in [4.69, 9.17) is 0 Å². The van der Waals surface area contributed by atoms with Gasteiger partial charge in [0.15, 0.2) is 5.78 Å². The van der Waals surface area contributed by atoms with Gasteiger partial charge in [0.2, 0.25) is 0 Å². The summed E-state index contributed by atoms with van der Waals surface area (Å²) >= 11 is 4.91. The Labute approximate surface area is 91.3 Å². The van der Waals surface area contributed by atoms with Gasteiger partial charge >= 0.3 is 0 Å². The lowest BCUT2D eigenvalue weighted by atomic mass is 9.99. The first-order valence-corrected chi connectivity index (χ1v) is 6.08. The highest BCUT2D eigenvalue weighted by Gasteiger charge is 2.11. The Morgan fingerprint density at radius 3 is 2.85 bits per heavy atom. The molecule has 0 radical (unpaired) electrons. The van der Waals surface area contributed by atoms with Gasteiger partial charge in [-0.3, -0.25) is 4.79 Å². The summed E-state index contributed by atoms with van der Waals surface area (Å²) in [5, 5.41) is 1.91. The molecular weight excluding hydrogens is 248 g/mol. The highest BCUT2D eigenvalue weighted by atomic mass is 79.9. The number of hydrogen-bond acceptors (Lipinski definition) is 2. The van der Waals surface area contributed by atoms with Gasteiger partial charge in [-0.1, -0.05) is 20.3 Å². The SMILES string of the molecule is CCC(C)CC(=O)c1csc(Br)c1. The van der Waals surface area contributed by atoms with Crippen LogP contribution in [-0.4, -0.2) is 5.78 Å². The molecule has 0 saturated carbocycles. The molecule has 1 rings (SSSR count). The number of carbonyl (C=O) groups excluding carboxylic acids is 1. The highest BCUT2D eigenvalue weighted by molar-refractivity contribution is 9.11. The van der Waals surface area contributed by atoms with Crippen molar-refractivity contribution >= 4 is 33.0 Å². The molecule has 1 nitrogen and oxygen atoms in total. The van der Waals surface area contributed by atoms with Crippen LogP contribution in [-0.2, 0) is 0 Å². The van der Waals surface area contributed by atoms with Gasteiger partial charge in [-0.15, -0.1) is 11.3 Å². The fourth-order valence-corrected chi connectivity index (χ4v) is 2.20. The largest absolute Gasteiger partial charge is 0.294 e. The third-order valence-electron chi connectivity index (χ3n) is 2.12. The molecular formula is C10H13BrOS. The lowest BCUT2D eigenvalue weighted by Gasteiger charge is -2.04. The van der Waals surface area contributed by atoms with E-state index in [0.717, 1.165) is 15.8 Å². The maximum Gasteiger partial charge on any atom is 0.164 e. The molecule has 72 valence electrons. The number of thiophene rings is 1. The molecule has 0 saturated heterocycles. The number of carbonyl (C=O) groups is 1. The van der Waals surface area contributed by atoms with Gasteiger partial charge in [0.05, 0.1) is 3.79 Å². The predicted octanol–water partition coefficient (Wildman–Crippen LogP) is 4.13. The molecule has 0 N–H and O–H groups in total. The molecule has 1 aromatic rings. The van der Waals surface area contributed by atoms with E-state index in [-0.39, 0.29) is 5.78 Å². The second-order valence-corrected chi connectivity index (χ2v) is 5.57. The summed E-state index contributed by atoms with van der Waals surface area (Å²) in [4.78, 5) is 11.6. The zero-order chi connectivity index (χ0) is 9.84. The first-order valence-electron chi connectivity index (χ1n) is 4.40. The Morgan fingerprint density at radius 1 is 1.69 bits per heavy atom. The molecule has 1 aromatic heterocycles. The lowest BCUT2D eigenvalue weighted by molar-refractivity contribution is 0.0964. The van der Waals surface area contributed by atoms with Crippen molar-refractivity contribution in [2.24, 2.45) is 5.92 Å². The summed E-state index contributed by atoms with van der Waals surface area (Å²) in [7, 11) is 0. The third-order valence-corrected chi connectivity index (χ3v) is 3.62. The summed E-state index contributed by atoms with van der Waals surface area (Å²) in [6.45, 7) is 4.22. The normalized spacial score (nSPS) is 12.8. The van der Waals surface area contributed by atoms with Crippen molar-refractivity contribution in [1.82, 2.24) is 0 Å². The fourth-order valence-electron chi connectivity index (χ4n) is 1.03. The van der Waals surface area contributed by atoms with Crippen LogP contribution in [0.5, 0.6) is 0 Å². The van der Waals surface area contributed by atoms with Gasteiger partial charge in [0, 0.05) is 17.4 Å². The molecule has 0 aliphatic rings. The van der Waals surface area contributed by atoms with E-state index in [0.29, 0.717) is 12.3 Å². The van der Waals surface area contributed by atoms with Crippen molar-refractivity contribution in [3.8, 4) is 0 Å². The zero-order valence-corrected chi connectivity index (χ0v) is 10.2. The van der Waals surface area contributed by atoms with E-state index in [2.05, 4.69) is 29.8 Å². The molecule has 3 heteroatoms. The highest BCUT2D eigenvalue weighted by Crippen LogP contribution is 2.23. The lowest BCUT2D eigenvalue weighted by Crippen LogP contribution is -2.03. The van der Waals surface area contributed by atoms with Crippen LogP contribution in [0, 0.1) is 5.92 Å². The second kappa shape index (κ2) is 4.91. The molecule has 0 spiro atoms. The fraction of sp³-hybridized carbons (Fsp3) is 0.500. The second-order valence-electron chi connectivity index (χ2n) is 3.28. The van der Waals surface area contributed by atoms with Crippen LogP contribution in [0.1, 0.15) is 37.0 Å². The van der Waals surface area contributed by atoms with Gasteiger partial charge in [-0.05, 0) is 27.9 Å². The van der Waals surface area contributed by atoms with Crippen LogP contribution in [0.25, 0.3) is 0 Å². The van der Waals surface area contributed by atoms with Crippen LogP contribution in [0.3, 0.4) is 0 Å². The molecule has 1 heterocycles. The molecule has 1 atom stereocenters. The van der Waals surface area contributed by atoms with Gasteiger partial charge < -0.3 is 0 Å². The number of hydrogen-bond donors (Lipinski definition) is 0. The smallest absolute Gasteiger partial charge is 0.164 e. The first kappa shape index (κ1) is 10.9. The Balaban J connectivity index is 2.58. The molecule has 0 aromatic carbocycles. The van der Waals surface area contributed by atoms with E-state index in [1.54, 1.807) is 11.3 Å². The molecule has 0 fully saturated rings. The first-order chi connectivity index (χ1) is 6.13. The number of rotatable bonds is 4. The molecule has 0 aliphatic heterocycles. The van der Waals surface area contributed by atoms with E-state index in [9.17, 15) is 4.79 Å². The van der Waals surface area contributed by atoms with Crippen molar-refractivity contribution in [1.29, 1.82) is 0 Å². The predicted molar refractivity (Wildman–Crippen MR) is 60.4 cm³/mol. The Hall–Kier alpha value is -0.150. The third kappa shape index (κ3) is 3.24. The van der Waals surface area contributed by atoms with Gasteiger partial charge in [-0.2, -0.15) is 0 Å². The average Bonchev–Trinajstić information content (AvgIpc) is 2.51.